The summed E-state index contributed by atoms with van der Waals surface area (Å²) in [6.45, 7) is 0.116. The minimum Gasteiger partial charge on any atom is -0.507 e. The first-order valence-corrected chi connectivity index (χ1v) is 7.53. The molecule has 0 radical (unpaired) electrons. The van der Waals surface area contributed by atoms with Crippen LogP contribution in [0.5, 0.6) is 5.75 Å². The van der Waals surface area contributed by atoms with Gasteiger partial charge in [-0.15, -0.1) is 0 Å². The Morgan fingerprint density at radius 3 is 2.00 bits per heavy atom. The zero-order chi connectivity index (χ0) is 16.1. The SMILES string of the molecule is OCc1ccc2ccccc2c1.Oc1cccc2ccccc12. The lowest BCUT2D eigenvalue weighted by Gasteiger charge is -1.99. The van der Waals surface area contributed by atoms with Crippen LogP contribution in [0.3, 0.4) is 0 Å². The van der Waals surface area contributed by atoms with Gasteiger partial charge in [-0.3, -0.25) is 0 Å². The number of hydrogen-bond acceptors (Lipinski definition) is 2. The molecule has 0 spiro atoms. The zero-order valence-electron chi connectivity index (χ0n) is 12.7. The molecule has 0 heterocycles. The van der Waals surface area contributed by atoms with Gasteiger partial charge in [0.1, 0.15) is 5.75 Å². The van der Waals surface area contributed by atoms with Crippen LogP contribution in [0.1, 0.15) is 5.56 Å². The van der Waals surface area contributed by atoms with E-state index in [-0.39, 0.29) is 6.61 Å². The van der Waals surface area contributed by atoms with Gasteiger partial charge < -0.3 is 10.2 Å². The highest BCUT2D eigenvalue weighted by molar-refractivity contribution is 5.87. The maximum Gasteiger partial charge on any atom is 0.123 e. The maximum absolute atomic E-state index is 9.37. The number of hydrogen-bond donors (Lipinski definition) is 2. The first-order chi connectivity index (χ1) is 11.3. The van der Waals surface area contributed by atoms with Crippen LogP contribution in [0, 0.1) is 0 Å². The Kier molecular flexibility index (Phi) is 4.55. The summed E-state index contributed by atoms with van der Waals surface area (Å²) in [4.78, 5) is 0. The summed E-state index contributed by atoms with van der Waals surface area (Å²) < 4.78 is 0. The van der Waals surface area contributed by atoms with Gasteiger partial charge in [-0.25, -0.2) is 0 Å². The normalized spacial score (nSPS) is 10.3. The van der Waals surface area contributed by atoms with Crippen molar-refractivity contribution in [3.05, 3.63) is 90.5 Å². The Hall–Kier alpha value is -2.84. The van der Waals surface area contributed by atoms with Crippen molar-refractivity contribution < 1.29 is 10.2 Å². The van der Waals surface area contributed by atoms with Crippen LogP contribution in [-0.2, 0) is 6.61 Å². The molecule has 0 fully saturated rings. The largest absolute Gasteiger partial charge is 0.507 e. The summed E-state index contributed by atoms with van der Waals surface area (Å²) in [5.41, 5.74) is 0.966. The van der Waals surface area contributed by atoms with Crippen LogP contribution in [0.15, 0.2) is 84.9 Å². The topological polar surface area (TPSA) is 40.5 Å². The van der Waals surface area contributed by atoms with Gasteiger partial charge in [-0.05, 0) is 33.9 Å². The van der Waals surface area contributed by atoms with Gasteiger partial charge in [0.15, 0.2) is 0 Å². The lowest BCUT2D eigenvalue weighted by Crippen LogP contribution is -1.81. The molecule has 0 unspecified atom stereocenters. The molecule has 4 aromatic rings. The predicted molar refractivity (Wildman–Crippen MR) is 95.5 cm³/mol. The first kappa shape index (κ1) is 15.1. The van der Waals surface area contributed by atoms with E-state index >= 15 is 0 Å². The summed E-state index contributed by atoms with van der Waals surface area (Å²) in [5, 5.41) is 22.7. The monoisotopic (exact) mass is 302 g/mol. The Labute approximate surface area is 135 Å². The Balaban J connectivity index is 0.000000136. The zero-order valence-corrected chi connectivity index (χ0v) is 12.7. The quantitative estimate of drug-likeness (QED) is 0.526. The van der Waals surface area contributed by atoms with E-state index in [2.05, 4.69) is 12.1 Å². The molecule has 0 bridgehead atoms. The van der Waals surface area contributed by atoms with Gasteiger partial charge in [0.05, 0.1) is 6.61 Å². The molecule has 2 heteroatoms. The summed E-state index contributed by atoms with van der Waals surface area (Å²) in [6, 6.07) is 27.4. The van der Waals surface area contributed by atoms with Crippen molar-refractivity contribution in [1.82, 2.24) is 0 Å². The maximum atomic E-state index is 9.37. The third kappa shape index (κ3) is 3.50. The van der Waals surface area contributed by atoms with E-state index in [1.54, 1.807) is 6.07 Å². The van der Waals surface area contributed by atoms with Crippen molar-refractivity contribution in [3.63, 3.8) is 0 Å². The number of benzene rings is 4. The van der Waals surface area contributed by atoms with Gasteiger partial charge in [-0.2, -0.15) is 0 Å². The highest BCUT2D eigenvalue weighted by Crippen LogP contribution is 2.23. The Morgan fingerprint density at radius 1 is 0.609 bits per heavy atom. The molecule has 4 aromatic carbocycles. The summed E-state index contributed by atoms with van der Waals surface area (Å²) >= 11 is 0. The second-order valence-electron chi connectivity index (χ2n) is 5.34. The molecule has 2 N–H and O–H groups in total. The fourth-order valence-corrected chi connectivity index (χ4v) is 2.55. The molecule has 0 saturated heterocycles. The van der Waals surface area contributed by atoms with E-state index in [0.29, 0.717) is 5.75 Å². The minimum atomic E-state index is 0.116. The van der Waals surface area contributed by atoms with Crippen molar-refractivity contribution >= 4 is 21.5 Å². The number of aliphatic hydroxyl groups is 1. The van der Waals surface area contributed by atoms with E-state index in [9.17, 15) is 5.11 Å². The molecule has 4 rings (SSSR count). The van der Waals surface area contributed by atoms with E-state index < -0.39 is 0 Å². The van der Waals surface area contributed by atoms with Crippen LogP contribution in [0.25, 0.3) is 21.5 Å². The third-order valence-electron chi connectivity index (χ3n) is 3.76. The number of rotatable bonds is 1. The van der Waals surface area contributed by atoms with Crippen LogP contribution < -0.4 is 0 Å². The summed E-state index contributed by atoms with van der Waals surface area (Å²) in [5.74, 6) is 0.350. The molecule has 2 nitrogen and oxygen atoms in total. The van der Waals surface area contributed by atoms with Crippen LogP contribution in [0.2, 0.25) is 0 Å². The van der Waals surface area contributed by atoms with Gasteiger partial charge in [0.25, 0.3) is 0 Å². The molecular formula is C21H18O2. The molecule has 0 aromatic heterocycles. The van der Waals surface area contributed by atoms with E-state index in [4.69, 9.17) is 5.11 Å². The lowest BCUT2D eigenvalue weighted by atomic mass is 10.1. The van der Waals surface area contributed by atoms with Crippen molar-refractivity contribution in [1.29, 1.82) is 0 Å². The molecule has 114 valence electrons. The van der Waals surface area contributed by atoms with E-state index in [1.807, 2.05) is 66.7 Å². The molecule has 0 aliphatic carbocycles. The Morgan fingerprint density at radius 2 is 1.26 bits per heavy atom. The van der Waals surface area contributed by atoms with E-state index in [1.165, 1.54) is 10.8 Å². The fourth-order valence-electron chi connectivity index (χ4n) is 2.55. The molecular weight excluding hydrogens is 284 g/mol. The summed E-state index contributed by atoms with van der Waals surface area (Å²) in [6.07, 6.45) is 0. The van der Waals surface area contributed by atoms with Gasteiger partial charge >= 0.3 is 0 Å². The number of aliphatic hydroxyl groups excluding tert-OH is 1. The average Bonchev–Trinajstić information content (AvgIpc) is 2.62. The molecule has 0 amide bonds. The molecule has 0 aliphatic heterocycles. The number of phenolic OH excluding ortho intramolecular Hbond substituents is 1. The highest BCUT2D eigenvalue weighted by Gasteiger charge is 1.94. The average molecular weight is 302 g/mol. The number of fused-ring (bicyclic) bond motifs is 2. The van der Waals surface area contributed by atoms with Crippen molar-refractivity contribution in [2.24, 2.45) is 0 Å². The van der Waals surface area contributed by atoms with Crippen molar-refractivity contribution in [3.8, 4) is 5.75 Å². The summed E-state index contributed by atoms with van der Waals surface area (Å²) in [7, 11) is 0. The first-order valence-electron chi connectivity index (χ1n) is 7.53. The van der Waals surface area contributed by atoms with Gasteiger partial charge in [-0.1, -0.05) is 72.8 Å². The van der Waals surface area contributed by atoms with Crippen LogP contribution in [0.4, 0.5) is 0 Å². The molecule has 23 heavy (non-hydrogen) atoms. The molecule has 0 atom stereocenters. The number of phenols is 1. The minimum absolute atomic E-state index is 0.116. The fraction of sp³-hybridized carbons (Fsp3) is 0.0476. The van der Waals surface area contributed by atoms with E-state index in [0.717, 1.165) is 16.3 Å². The van der Waals surface area contributed by atoms with Crippen LogP contribution in [-0.4, -0.2) is 10.2 Å². The standard InChI is InChI=1S/C11H10O.C10H8O/c12-8-9-5-6-10-3-1-2-4-11(10)7-9;11-10-7-3-5-8-4-1-2-6-9(8)10/h1-7,12H,8H2;1-7,11H. The van der Waals surface area contributed by atoms with Crippen molar-refractivity contribution in [2.45, 2.75) is 6.61 Å². The van der Waals surface area contributed by atoms with Gasteiger partial charge in [0.2, 0.25) is 0 Å². The highest BCUT2D eigenvalue weighted by atomic mass is 16.3. The van der Waals surface area contributed by atoms with Gasteiger partial charge in [0, 0.05) is 5.39 Å². The Bertz CT molecular complexity index is 923. The second-order valence-corrected chi connectivity index (χ2v) is 5.34. The smallest absolute Gasteiger partial charge is 0.123 e. The lowest BCUT2D eigenvalue weighted by molar-refractivity contribution is 0.282. The van der Waals surface area contributed by atoms with Crippen molar-refractivity contribution in [2.75, 3.05) is 0 Å². The second kappa shape index (κ2) is 6.95. The van der Waals surface area contributed by atoms with Crippen LogP contribution >= 0.6 is 0 Å². The molecule has 0 aliphatic rings. The predicted octanol–water partition coefficient (Wildman–Crippen LogP) is 4.88. The molecule has 0 saturated carbocycles. The number of aromatic hydroxyl groups is 1. The third-order valence-corrected chi connectivity index (χ3v) is 3.76.